The number of ether oxygens (including phenoxy) is 1. The number of hydrogen-bond donors (Lipinski definition) is 1. The minimum absolute atomic E-state index is 0.629. The molecular weight excluding hydrogens is 419 g/mol. The summed E-state index contributed by atoms with van der Waals surface area (Å²) in [6, 6.07) is 11.6. The van der Waals surface area contributed by atoms with E-state index < -0.39 is 6.10 Å². The van der Waals surface area contributed by atoms with Crippen LogP contribution in [0.4, 0.5) is 0 Å². The summed E-state index contributed by atoms with van der Waals surface area (Å²) < 4.78 is 7.20. The fraction of sp³-hybridized carbons (Fsp3) is 0.200. The zero-order chi connectivity index (χ0) is 14.0. The van der Waals surface area contributed by atoms with Gasteiger partial charge in [0, 0.05) is 8.04 Å². The molecule has 0 saturated carbocycles. The molecule has 0 fully saturated rings. The molecule has 2 aromatic carbocycles. The van der Waals surface area contributed by atoms with Gasteiger partial charge in [-0.25, -0.2) is 0 Å². The molecule has 0 saturated heterocycles. The maximum Gasteiger partial charge on any atom is 0.119 e. The van der Waals surface area contributed by atoms with Crippen molar-refractivity contribution in [2.75, 3.05) is 7.11 Å². The summed E-state index contributed by atoms with van der Waals surface area (Å²) in [6.07, 6.45) is -0.629. The Morgan fingerprint density at radius 2 is 1.89 bits per heavy atom. The van der Waals surface area contributed by atoms with Crippen molar-refractivity contribution in [2.45, 2.75) is 13.0 Å². The van der Waals surface area contributed by atoms with Crippen LogP contribution in [0.2, 0.25) is 0 Å². The fourth-order valence-electron chi connectivity index (χ4n) is 1.97. The van der Waals surface area contributed by atoms with Crippen molar-refractivity contribution in [1.82, 2.24) is 0 Å². The molecule has 1 N–H and O–H groups in total. The van der Waals surface area contributed by atoms with E-state index in [0.717, 1.165) is 30.5 Å². The Morgan fingerprint density at radius 3 is 2.53 bits per heavy atom. The van der Waals surface area contributed by atoms with E-state index in [1.807, 2.05) is 43.3 Å². The summed E-state index contributed by atoms with van der Waals surface area (Å²) in [7, 11) is 1.64. The maximum absolute atomic E-state index is 10.6. The molecule has 1 unspecified atom stereocenters. The summed E-state index contributed by atoms with van der Waals surface area (Å²) >= 11 is 5.68. The molecule has 100 valence electrons. The molecule has 4 heteroatoms. The zero-order valence-electron chi connectivity index (χ0n) is 10.7. The predicted octanol–water partition coefficient (Wildman–Crippen LogP) is 4.45. The molecule has 0 aliphatic rings. The monoisotopic (exact) mass is 432 g/mol. The first-order valence-corrected chi connectivity index (χ1v) is 7.67. The lowest BCUT2D eigenvalue weighted by atomic mass is 9.97. The molecule has 0 spiro atoms. The number of halogens is 2. The van der Waals surface area contributed by atoms with E-state index in [4.69, 9.17) is 4.74 Å². The van der Waals surface area contributed by atoms with E-state index in [9.17, 15) is 5.11 Å². The van der Waals surface area contributed by atoms with Crippen molar-refractivity contribution in [2.24, 2.45) is 0 Å². The molecule has 0 heterocycles. The Kier molecular flexibility index (Phi) is 4.86. The van der Waals surface area contributed by atoms with Gasteiger partial charge in [-0.3, -0.25) is 0 Å². The lowest BCUT2D eigenvalue weighted by molar-refractivity contribution is 0.218. The number of benzene rings is 2. The van der Waals surface area contributed by atoms with Gasteiger partial charge in [0.05, 0.1) is 7.11 Å². The van der Waals surface area contributed by atoms with Gasteiger partial charge >= 0.3 is 0 Å². The van der Waals surface area contributed by atoms with E-state index in [2.05, 4.69) is 38.5 Å². The number of hydrogen-bond acceptors (Lipinski definition) is 2. The van der Waals surface area contributed by atoms with E-state index in [-0.39, 0.29) is 0 Å². The van der Waals surface area contributed by atoms with Gasteiger partial charge in [-0.1, -0.05) is 22.0 Å². The molecule has 0 aliphatic heterocycles. The molecule has 2 aromatic rings. The Bertz CT molecular complexity index is 599. The van der Waals surface area contributed by atoms with Crippen LogP contribution in [0.15, 0.2) is 40.9 Å². The van der Waals surface area contributed by atoms with Crippen LogP contribution in [-0.4, -0.2) is 12.2 Å². The van der Waals surface area contributed by atoms with Crippen LogP contribution in [0.5, 0.6) is 5.75 Å². The lowest BCUT2D eigenvalue weighted by Gasteiger charge is -2.17. The summed E-state index contributed by atoms with van der Waals surface area (Å²) in [4.78, 5) is 0. The molecule has 0 bridgehead atoms. The van der Waals surface area contributed by atoms with Crippen molar-refractivity contribution in [3.63, 3.8) is 0 Å². The molecule has 2 rings (SSSR count). The summed E-state index contributed by atoms with van der Waals surface area (Å²) in [5, 5.41) is 10.6. The first-order chi connectivity index (χ1) is 9.02. The van der Waals surface area contributed by atoms with Gasteiger partial charge in [-0.05, 0) is 76.5 Å². The molecule has 0 aromatic heterocycles. The third kappa shape index (κ3) is 3.30. The topological polar surface area (TPSA) is 29.5 Å². The molecular formula is C15H14BrIO2. The quantitative estimate of drug-likeness (QED) is 0.726. The molecule has 0 radical (unpaired) electrons. The van der Waals surface area contributed by atoms with E-state index in [0.29, 0.717) is 0 Å². The number of aryl methyl sites for hydroxylation is 1. The molecule has 0 aliphatic carbocycles. The highest BCUT2D eigenvalue weighted by Crippen LogP contribution is 2.31. The third-order valence-corrected chi connectivity index (χ3v) is 4.50. The van der Waals surface area contributed by atoms with Crippen LogP contribution in [0, 0.1) is 10.5 Å². The van der Waals surface area contributed by atoms with Gasteiger partial charge in [-0.15, -0.1) is 0 Å². The molecule has 0 amide bonds. The first kappa shape index (κ1) is 14.8. The number of methoxy groups -OCH3 is 1. The van der Waals surface area contributed by atoms with Crippen LogP contribution in [0.25, 0.3) is 0 Å². The average Bonchev–Trinajstić information content (AvgIpc) is 2.40. The van der Waals surface area contributed by atoms with Crippen molar-refractivity contribution in [3.05, 3.63) is 61.1 Å². The summed E-state index contributed by atoms with van der Waals surface area (Å²) in [5.41, 5.74) is 2.82. The Labute approximate surface area is 135 Å². The predicted molar refractivity (Wildman–Crippen MR) is 88.7 cm³/mol. The molecule has 1 atom stereocenters. The summed E-state index contributed by atoms with van der Waals surface area (Å²) in [6.45, 7) is 1.98. The zero-order valence-corrected chi connectivity index (χ0v) is 14.4. The smallest absolute Gasteiger partial charge is 0.119 e. The Hall–Kier alpha value is -0.590. The van der Waals surface area contributed by atoms with Gasteiger partial charge in [0.25, 0.3) is 0 Å². The largest absolute Gasteiger partial charge is 0.497 e. The van der Waals surface area contributed by atoms with Crippen LogP contribution in [0.1, 0.15) is 22.8 Å². The normalized spacial score (nSPS) is 12.3. The second kappa shape index (κ2) is 6.24. The van der Waals surface area contributed by atoms with Crippen molar-refractivity contribution < 1.29 is 9.84 Å². The second-order valence-electron chi connectivity index (χ2n) is 4.29. The van der Waals surface area contributed by atoms with Crippen LogP contribution < -0.4 is 4.74 Å². The second-order valence-corrected chi connectivity index (χ2v) is 6.37. The van der Waals surface area contributed by atoms with Gasteiger partial charge in [0.15, 0.2) is 0 Å². The number of aliphatic hydroxyl groups is 1. The number of rotatable bonds is 3. The Morgan fingerprint density at radius 1 is 1.16 bits per heavy atom. The van der Waals surface area contributed by atoms with E-state index in [1.165, 1.54) is 0 Å². The van der Waals surface area contributed by atoms with Gasteiger partial charge in [0.2, 0.25) is 0 Å². The van der Waals surface area contributed by atoms with Crippen molar-refractivity contribution >= 4 is 38.5 Å². The van der Waals surface area contributed by atoms with Gasteiger partial charge < -0.3 is 9.84 Å². The minimum atomic E-state index is -0.629. The van der Waals surface area contributed by atoms with Crippen molar-refractivity contribution in [1.29, 1.82) is 0 Å². The van der Waals surface area contributed by atoms with Gasteiger partial charge in [-0.2, -0.15) is 0 Å². The number of aliphatic hydroxyl groups excluding tert-OH is 1. The lowest BCUT2D eigenvalue weighted by Crippen LogP contribution is -2.04. The standard InChI is InChI=1S/C15H14BrIO2/c1-9-7-11(19-2)4-5-12(9)15(18)13-8-10(16)3-6-14(13)17/h3-8,15,18H,1-2H3. The van der Waals surface area contributed by atoms with Crippen molar-refractivity contribution in [3.8, 4) is 5.75 Å². The molecule has 19 heavy (non-hydrogen) atoms. The highest BCUT2D eigenvalue weighted by Gasteiger charge is 2.16. The maximum atomic E-state index is 10.6. The van der Waals surface area contributed by atoms with Crippen LogP contribution in [-0.2, 0) is 0 Å². The summed E-state index contributed by atoms with van der Waals surface area (Å²) in [5.74, 6) is 0.803. The SMILES string of the molecule is COc1ccc(C(O)c2cc(Br)ccc2I)c(C)c1. The highest BCUT2D eigenvalue weighted by atomic mass is 127. The van der Waals surface area contributed by atoms with Gasteiger partial charge in [0.1, 0.15) is 11.9 Å². The minimum Gasteiger partial charge on any atom is -0.497 e. The molecule has 2 nitrogen and oxygen atoms in total. The fourth-order valence-corrected chi connectivity index (χ4v) is 2.98. The van der Waals surface area contributed by atoms with E-state index in [1.54, 1.807) is 7.11 Å². The third-order valence-electron chi connectivity index (χ3n) is 3.02. The average molecular weight is 433 g/mol. The van der Waals surface area contributed by atoms with Crippen LogP contribution >= 0.6 is 38.5 Å². The highest BCUT2D eigenvalue weighted by molar-refractivity contribution is 14.1. The Balaban J connectivity index is 2.43. The van der Waals surface area contributed by atoms with Crippen LogP contribution in [0.3, 0.4) is 0 Å². The first-order valence-electron chi connectivity index (χ1n) is 5.80. The van der Waals surface area contributed by atoms with E-state index >= 15 is 0 Å².